The van der Waals surface area contributed by atoms with Crippen molar-refractivity contribution in [3.05, 3.63) is 82.0 Å². The van der Waals surface area contributed by atoms with Crippen LogP contribution < -0.4 is 4.31 Å². The molecule has 5 heteroatoms. The van der Waals surface area contributed by atoms with Crippen molar-refractivity contribution in [2.24, 2.45) is 0 Å². The quantitative estimate of drug-likeness (QED) is 0.683. The van der Waals surface area contributed by atoms with E-state index in [0.717, 1.165) is 29.7 Å². The highest BCUT2D eigenvalue weighted by molar-refractivity contribution is 7.92. The summed E-state index contributed by atoms with van der Waals surface area (Å²) >= 11 is 1.68. The van der Waals surface area contributed by atoms with Gasteiger partial charge in [-0.05, 0) is 48.6 Å². The van der Waals surface area contributed by atoms with Crippen molar-refractivity contribution in [2.75, 3.05) is 4.31 Å². The maximum Gasteiger partial charge on any atom is 0.264 e. The monoisotopic (exact) mass is 369 g/mol. The molecule has 0 saturated carbocycles. The minimum Gasteiger partial charge on any atom is -0.262 e. The van der Waals surface area contributed by atoms with Crippen molar-refractivity contribution in [1.82, 2.24) is 0 Å². The zero-order valence-electron chi connectivity index (χ0n) is 13.9. The molecule has 0 saturated heterocycles. The number of nitrogens with zero attached hydrogens (tertiary/aromatic N) is 1. The third-order valence-corrected chi connectivity index (χ3v) is 7.39. The smallest absolute Gasteiger partial charge is 0.262 e. The van der Waals surface area contributed by atoms with Crippen LogP contribution in [0.2, 0.25) is 0 Å². The second kappa shape index (κ2) is 6.32. The number of hydrogen-bond acceptors (Lipinski definition) is 3. The Labute approximate surface area is 152 Å². The number of sulfonamides is 1. The van der Waals surface area contributed by atoms with Gasteiger partial charge in [-0.15, -0.1) is 11.3 Å². The lowest BCUT2D eigenvalue weighted by Crippen LogP contribution is -2.38. The van der Waals surface area contributed by atoms with Crippen molar-refractivity contribution in [3.8, 4) is 0 Å². The minimum atomic E-state index is -3.58. The first kappa shape index (κ1) is 16.4. The van der Waals surface area contributed by atoms with E-state index >= 15 is 0 Å². The zero-order chi connectivity index (χ0) is 17.4. The fraction of sp³-hybridized carbons (Fsp3) is 0.200. The van der Waals surface area contributed by atoms with Gasteiger partial charge < -0.3 is 0 Å². The topological polar surface area (TPSA) is 37.4 Å². The Hall–Kier alpha value is -2.11. The van der Waals surface area contributed by atoms with E-state index in [0.29, 0.717) is 4.90 Å². The molecule has 128 valence electrons. The van der Waals surface area contributed by atoms with Crippen LogP contribution in [0, 0.1) is 6.92 Å². The van der Waals surface area contributed by atoms with Crippen LogP contribution in [0.3, 0.4) is 0 Å². The van der Waals surface area contributed by atoms with E-state index < -0.39 is 10.0 Å². The number of anilines is 1. The van der Waals surface area contributed by atoms with Crippen LogP contribution in [0.4, 0.5) is 5.69 Å². The van der Waals surface area contributed by atoms with E-state index in [9.17, 15) is 8.42 Å². The van der Waals surface area contributed by atoms with Crippen LogP contribution in [-0.4, -0.2) is 14.5 Å². The summed E-state index contributed by atoms with van der Waals surface area (Å²) in [6, 6.07) is 18.9. The first-order chi connectivity index (χ1) is 12.1. The summed E-state index contributed by atoms with van der Waals surface area (Å²) in [5.41, 5.74) is 2.96. The van der Waals surface area contributed by atoms with Crippen LogP contribution in [0.5, 0.6) is 0 Å². The van der Waals surface area contributed by atoms with Gasteiger partial charge in [0.15, 0.2) is 0 Å². The molecule has 0 bridgehead atoms. The summed E-state index contributed by atoms with van der Waals surface area (Å²) in [5, 5.41) is 2.04. The molecule has 0 radical (unpaired) electrons. The minimum absolute atomic E-state index is 0.0812. The second-order valence-corrected chi connectivity index (χ2v) is 9.23. The summed E-state index contributed by atoms with van der Waals surface area (Å²) in [4.78, 5) is 1.56. The van der Waals surface area contributed by atoms with E-state index in [2.05, 4.69) is 6.07 Å². The molecular formula is C20H19NO2S2. The Balaban J connectivity index is 1.78. The lowest BCUT2D eigenvalue weighted by Gasteiger charge is -2.27. The molecule has 2 aromatic carbocycles. The predicted molar refractivity (Wildman–Crippen MR) is 103 cm³/mol. The third-order valence-electron chi connectivity index (χ3n) is 4.61. The molecule has 4 rings (SSSR count). The average molecular weight is 370 g/mol. The Bertz CT molecular complexity index is 975. The molecule has 0 spiro atoms. The molecule has 2 heterocycles. The van der Waals surface area contributed by atoms with E-state index in [1.54, 1.807) is 27.8 Å². The number of hydrogen-bond donors (Lipinski definition) is 0. The largest absolute Gasteiger partial charge is 0.264 e. The van der Waals surface area contributed by atoms with Crippen LogP contribution in [0.25, 0.3) is 0 Å². The van der Waals surface area contributed by atoms with Crippen molar-refractivity contribution in [2.45, 2.75) is 30.7 Å². The first-order valence-electron chi connectivity index (χ1n) is 8.27. The van der Waals surface area contributed by atoms with Gasteiger partial charge in [0.25, 0.3) is 10.0 Å². The van der Waals surface area contributed by atoms with Gasteiger partial charge in [0.05, 0.1) is 16.6 Å². The summed E-state index contributed by atoms with van der Waals surface area (Å²) in [5.74, 6) is 0. The molecule has 3 nitrogen and oxygen atoms in total. The van der Waals surface area contributed by atoms with Gasteiger partial charge in [0.2, 0.25) is 0 Å². The number of aryl methyl sites for hydroxylation is 1. The molecule has 1 aliphatic heterocycles. The maximum atomic E-state index is 13.4. The van der Waals surface area contributed by atoms with Gasteiger partial charge in [-0.3, -0.25) is 4.31 Å². The SMILES string of the molecule is Cc1ccc(S(=O)(=O)N2c3ccccc3CC2Cc2cccs2)cc1. The van der Waals surface area contributed by atoms with E-state index in [-0.39, 0.29) is 6.04 Å². The number of rotatable bonds is 4. The molecule has 0 N–H and O–H groups in total. The Kier molecular flexibility index (Phi) is 4.13. The van der Waals surface area contributed by atoms with Gasteiger partial charge in [-0.1, -0.05) is 42.0 Å². The Morgan fingerprint density at radius 2 is 1.80 bits per heavy atom. The highest BCUT2D eigenvalue weighted by Crippen LogP contribution is 2.38. The van der Waals surface area contributed by atoms with Gasteiger partial charge in [-0.25, -0.2) is 8.42 Å². The average Bonchev–Trinajstić information content (AvgIpc) is 3.22. The third kappa shape index (κ3) is 2.98. The summed E-state index contributed by atoms with van der Waals surface area (Å²) in [6.07, 6.45) is 1.48. The molecular weight excluding hydrogens is 350 g/mol. The van der Waals surface area contributed by atoms with Crippen LogP contribution in [-0.2, 0) is 22.9 Å². The van der Waals surface area contributed by atoms with Crippen LogP contribution in [0.15, 0.2) is 70.9 Å². The van der Waals surface area contributed by atoms with Crippen molar-refractivity contribution in [3.63, 3.8) is 0 Å². The molecule has 25 heavy (non-hydrogen) atoms. The van der Waals surface area contributed by atoms with Gasteiger partial charge in [-0.2, -0.15) is 0 Å². The van der Waals surface area contributed by atoms with Gasteiger partial charge in [0.1, 0.15) is 0 Å². The predicted octanol–water partition coefficient (Wildman–Crippen LogP) is 4.42. The Morgan fingerprint density at radius 1 is 1.04 bits per heavy atom. The number of fused-ring (bicyclic) bond motifs is 1. The van der Waals surface area contributed by atoms with Crippen molar-refractivity contribution < 1.29 is 8.42 Å². The van der Waals surface area contributed by atoms with Crippen molar-refractivity contribution >= 4 is 27.0 Å². The van der Waals surface area contributed by atoms with Crippen LogP contribution >= 0.6 is 11.3 Å². The Morgan fingerprint density at radius 3 is 2.52 bits per heavy atom. The number of para-hydroxylation sites is 1. The fourth-order valence-electron chi connectivity index (χ4n) is 3.40. The van der Waals surface area contributed by atoms with E-state index in [1.165, 1.54) is 4.88 Å². The summed E-state index contributed by atoms with van der Waals surface area (Å²) in [7, 11) is -3.58. The first-order valence-corrected chi connectivity index (χ1v) is 10.6. The highest BCUT2D eigenvalue weighted by atomic mass is 32.2. The molecule has 1 unspecified atom stereocenters. The second-order valence-electron chi connectivity index (χ2n) is 6.38. The maximum absolute atomic E-state index is 13.4. The standard InChI is InChI=1S/C20H19NO2S2/c1-15-8-10-19(11-9-15)25(22,23)21-17(14-18-6-4-12-24-18)13-16-5-2-3-7-20(16)21/h2-12,17H,13-14H2,1H3. The fourth-order valence-corrected chi connectivity index (χ4v) is 5.86. The van der Waals surface area contributed by atoms with Gasteiger partial charge in [0, 0.05) is 11.3 Å². The molecule has 1 atom stereocenters. The molecule has 0 aliphatic carbocycles. The van der Waals surface area contributed by atoms with Gasteiger partial charge >= 0.3 is 0 Å². The summed E-state index contributed by atoms with van der Waals surface area (Å²) < 4.78 is 28.4. The molecule has 0 amide bonds. The van der Waals surface area contributed by atoms with Crippen LogP contribution in [0.1, 0.15) is 16.0 Å². The molecule has 1 aromatic heterocycles. The normalized spacial score (nSPS) is 16.8. The number of thiophene rings is 1. The zero-order valence-corrected chi connectivity index (χ0v) is 15.6. The van der Waals surface area contributed by atoms with Crippen molar-refractivity contribution in [1.29, 1.82) is 0 Å². The summed E-state index contributed by atoms with van der Waals surface area (Å²) in [6.45, 7) is 1.96. The molecule has 0 fully saturated rings. The van der Waals surface area contributed by atoms with E-state index in [1.807, 2.05) is 54.8 Å². The van der Waals surface area contributed by atoms with E-state index in [4.69, 9.17) is 0 Å². The number of benzene rings is 2. The highest BCUT2D eigenvalue weighted by Gasteiger charge is 2.38. The lowest BCUT2D eigenvalue weighted by atomic mass is 10.1. The molecule has 1 aliphatic rings. The lowest BCUT2D eigenvalue weighted by molar-refractivity contribution is 0.578. The molecule has 3 aromatic rings.